The lowest BCUT2D eigenvalue weighted by Gasteiger charge is -2.21. The summed E-state index contributed by atoms with van der Waals surface area (Å²) in [4.78, 5) is 11.7. The number of nitrogens with one attached hydrogen (secondary N) is 2. The number of amides is 1. The molecule has 0 radical (unpaired) electrons. The van der Waals surface area contributed by atoms with Gasteiger partial charge in [0.1, 0.15) is 5.76 Å². The van der Waals surface area contributed by atoms with E-state index in [0.29, 0.717) is 30.7 Å². The number of hydrogen-bond acceptors (Lipinski definition) is 5. The number of aromatic nitrogens is 1. The second kappa shape index (κ2) is 7.91. The number of rotatable bonds is 8. The number of carbonyl (C=O) groups is 1. The minimum Gasteiger partial charge on any atom is -0.380 e. The summed E-state index contributed by atoms with van der Waals surface area (Å²) in [6.07, 6.45) is 0. The van der Waals surface area contributed by atoms with Crippen LogP contribution in [0.3, 0.4) is 0 Å². The predicted octanol–water partition coefficient (Wildman–Crippen LogP) is 1.57. The molecule has 1 aromatic heterocycles. The van der Waals surface area contributed by atoms with Crippen LogP contribution in [0.1, 0.15) is 26.5 Å². The average molecular weight is 269 g/mol. The molecule has 0 saturated carbocycles. The lowest BCUT2D eigenvalue weighted by molar-refractivity contribution is -0.115. The molecule has 1 aromatic rings. The van der Waals surface area contributed by atoms with Gasteiger partial charge in [0.05, 0.1) is 13.2 Å². The topological polar surface area (TPSA) is 76.4 Å². The molecule has 1 atom stereocenters. The van der Waals surface area contributed by atoms with E-state index in [1.54, 1.807) is 13.0 Å². The number of nitrogens with zero attached hydrogens (tertiary/aromatic N) is 1. The van der Waals surface area contributed by atoms with E-state index >= 15 is 0 Å². The highest BCUT2D eigenvalue weighted by molar-refractivity contribution is 5.91. The molecule has 1 rings (SSSR count). The van der Waals surface area contributed by atoms with Crippen LogP contribution in [0.5, 0.6) is 0 Å². The third kappa shape index (κ3) is 5.85. The van der Waals surface area contributed by atoms with Crippen molar-refractivity contribution in [1.29, 1.82) is 0 Å². The quantitative estimate of drug-likeness (QED) is 0.749. The lowest BCUT2D eigenvalue weighted by Crippen LogP contribution is -2.42. The van der Waals surface area contributed by atoms with E-state index in [-0.39, 0.29) is 18.5 Å². The Kier molecular flexibility index (Phi) is 6.52. The SMILES string of the molecule is CCOC[C@H](NCC(=O)Nc1cc(C)on1)C(C)C. The van der Waals surface area contributed by atoms with Gasteiger partial charge < -0.3 is 19.9 Å². The van der Waals surface area contributed by atoms with Crippen molar-refractivity contribution in [1.82, 2.24) is 10.5 Å². The molecule has 1 amide bonds. The number of carbonyl (C=O) groups excluding carboxylic acids is 1. The monoisotopic (exact) mass is 269 g/mol. The normalized spacial score (nSPS) is 12.7. The Hall–Kier alpha value is -1.40. The summed E-state index contributed by atoms with van der Waals surface area (Å²) in [6, 6.07) is 1.84. The Labute approximate surface area is 113 Å². The Morgan fingerprint density at radius 2 is 2.26 bits per heavy atom. The van der Waals surface area contributed by atoms with Crippen molar-refractivity contribution in [3.63, 3.8) is 0 Å². The number of ether oxygens (including phenoxy) is 1. The van der Waals surface area contributed by atoms with Gasteiger partial charge in [0, 0.05) is 18.7 Å². The Morgan fingerprint density at radius 1 is 1.53 bits per heavy atom. The first-order valence-electron chi connectivity index (χ1n) is 6.57. The zero-order chi connectivity index (χ0) is 14.3. The first-order chi connectivity index (χ1) is 9.02. The third-order valence-electron chi connectivity index (χ3n) is 2.73. The van der Waals surface area contributed by atoms with Crippen molar-refractivity contribution in [3.05, 3.63) is 11.8 Å². The van der Waals surface area contributed by atoms with Crippen LogP contribution in [0.15, 0.2) is 10.6 Å². The largest absolute Gasteiger partial charge is 0.380 e. The summed E-state index contributed by atoms with van der Waals surface area (Å²) in [6.45, 7) is 9.42. The summed E-state index contributed by atoms with van der Waals surface area (Å²) in [5, 5.41) is 9.56. The van der Waals surface area contributed by atoms with Gasteiger partial charge in [-0.15, -0.1) is 0 Å². The maximum atomic E-state index is 11.7. The molecule has 0 unspecified atom stereocenters. The van der Waals surface area contributed by atoms with E-state index in [0.717, 1.165) is 0 Å². The molecular weight excluding hydrogens is 246 g/mol. The highest BCUT2D eigenvalue weighted by Crippen LogP contribution is 2.06. The molecule has 0 saturated heterocycles. The highest BCUT2D eigenvalue weighted by Gasteiger charge is 2.14. The summed E-state index contributed by atoms with van der Waals surface area (Å²) in [5.41, 5.74) is 0. The predicted molar refractivity (Wildman–Crippen MR) is 73.0 cm³/mol. The number of aryl methyl sites for hydroxylation is 1. The Bertz CT molecular complexity index is 390. The van der Waals surface area contributed by atoms with Crippen molar-refractivity contribution in [2.45, 2.75) is 33.7 Å². The second-order valence-electron chi connectivity index (χ2n) is 4.76. The van der Waals surface area contributed by atoms with Crippen molar-refractivity contribution in [3.8, 4) is 0 Å². The van der Waals surface area contributed by atoms with Crippen molar-refractivity contribution < 1.29 is 14.1 Å². The Balaban J connectivity index is 2.34. The fraction of sp³-hybridized carbons (Fsp3) is 0.692. The molecule has 1 heterocycles. The highest BCUT2D eigenvalue weighted by atomic mass is 16.5. The lowest BCUT2D eigenvalue weighted by atomic mass is 10.1. The van der Waals surface area contributed by atoms with Gasteiger partial charge in [-0.2, -0.15) is 0 Å². The molecular formula is C13H23N3O3. The molecule has 0 aliphatic rings. The maximum absolute atomic E-state index is 11.7. The molecule has 108 valence electrons. The van der Waals surface area contributed by atoms with E-state index in [2.05, 4.69) is 29.6 Å². The van der Waals surface area contributed by atoms with Crippen LogP contribution in [-0.2, 0) is 9.53 Å². The minimum absolute atomic E-state index is 0.143. The molecule has 0 fully saturated rings. The van der Waals surface area contributed by atoms with E-state index < -0.39 is 0 Å². The molecule has 0 spiro atoms. The third-order valence-corrected chi connectivity index (χ3v) is 2.73. The van der Waals surface area contributed by atoms with Crippen LogP contribution in [0, 0.1) is 12.8 Å². The first-order valence-corrected chi connectivity index (χ1v) is 6.57. The van der Waals surface area contributed by atoms with Crippen molar-refractivity contribution in [2.75, 3.05) is 25.1 Å². The van der Waals surface area contributed by atoms with Crippen LogP contribution in [0.2, 0.25) is 0 Å². The zero-order valence-electron chi connectivity index (χ0n) is 12.0. The van der Waals surface area contributed by atoms with Crippen LogP contribution in [-0.4, -0.2) is 36.9 Å². The smallest absolute Gasteiger partial charge is 0.239 e. The molecule has 6 nitrogen and oxygen atoms in total. The molecule has 0 aromatic carbocycles. The number of hydrogen-bond donors (Lipinski definition) is 2. The van der Waals surface area contributed by atoms with Gasteiger partial charge >= 0.3 is 0 Å². The summed E-state index contributed by atoms with van der Waals surface area (Å²) in [7, 11) is 0. The fourth-order valence-electron chi connectivity index (χ4n) is 1.57. The average Bonchev–Trinajstić information content (AvgIpc) is 2.74. The molecule has 19 heavy (non-hydrogen) atoms. The van der Waals surface area contributed by atoms with Crippen LogP contribution >= 0.6 is 0 Å². The van der Waals surface area contributed by atoms with Gasteiger partial charge in [0.15, 0.2) is 5.82 Å². The zero-order valence-corrected chi connectivity index (χ0v) is 12.0. The summed E-state index contributed by atoms with van der Waals surface area (Å²) < 4.78 is 10.3. The second-order valence-corrected chi connectivity index (χ2v) is 4.76. The van der Waals surface area contributed by atoms with Gasteiger partial charge in [0.25, 0.3) is 0 Å². The summed E-state index contributed by atoms with van der Waals surface area (Å²) in [5.74, 6) is 1.36. The summed E-state index contributed by atoms with van der Waals surface area (Å²) >= 11 is 0. The molecule has 0 aliphatic carbocycles. The molecule has 6 heteroatoms. The molecule has 0 aliphatic heterocycles. The number of anilines is 1. The molecule has 0 bridgehead atoms. The maximum Gasteiger partial charge on any atom is 0.239 e. The van der Waals surface area contributed by atoms with E-state index in [4.69, 9.17) is 9.26 Å². The van der Waals surface area contributed by atoms with Crippen molar-refractivity contribution >= 4 is 11.7 Å². The van der Waals surface area contributed by atoms with E-state index in [1.165, 1.54) is 0 Å². The van der Waals surface area contributed by atoms with Gasteiger partial charge in [-0.25, -0.2) is 0 Å². The van der Waals surface area contributed by atoms with Gasteiger partial charge in [-0.05, 0) is 19.8 Å². The van der Waals surface area contributed by atoms with Gasteiger partial charge in [-0.1, -0.05) is 19.0 Å². The fourth-order valence-corrected chi connectivity index (χ4v) is 1.57. The standard InChI is InChI=1S/C13H23N3O3/c1-5-18-8-11(9(2)3)14-7-13(17)15-12-6-10(4)19-16-12/h6,9,11,14H,5,7-8H2,1-4H3,(H,15,16,17)/t11-/m0/s1. The van der Waals surface area contributed by atoms with Gasteiger partial charge in [-0.3, -0.25) is 4.79 Å². The minimum atomic E-state index is -0.143. The van der Waals surface area contributed by atoms with Crippen LogP contribution in [0.4, 0.5) is 5.82 Å². The van der Waals surface area contributed by atoms with Crippen molar-refractivity contribution in [2.24, 2.45) is 5.92 Å². The van der Waals surface area contributed by atoms with Crippen LogP contribution in [0.25, 0.3) is 0 Å². The van der Waals surface area contributed by atoms with E-state index in [9.17, 15) is 4.79 Å². The van der Waals surface area contributed by atoms with Gasteiger partial charge in [0.2, 0.25) is 5.91 Å². The molecule has 2 N–H and O–H groups in total. The first kappa shape index (κ1) is 15.7. The Morgan fingerprint density at radius 3 is 2.79 bits per heavy atom. The van der Waals surface area contributed by atoms with E-state index in [1.807, 2.05) is 6.92 Å². The van der Waals surface area contributed by atoms with Crippen LogP contribution < -0.4 is 10.6 Å².